The van der Waals surface area contributed by atoms with Gasteiger partial charge in [-0.05, 0) is 19.3 Å². The zero-order valence-electron chi connectivity index (χ0n) is 10.2. The Bertz CT molecular complexity index is 200. The highest BCUT2D eigenvalue weighted by Gasteiger charge is 2.23. The van der Waals surface area contributed by atoms with E-state index in [1.807, 2.05) is 0 Å². The summed E-state index contributed by atoms with van der Waals surface area (Å²) in [4.78, 5) is 11.5. The molecule has 1 rings (SSSR count). The SMILES string of the molecule is CC(C)NCCC(=O)NC(C)CC1CC1. The number of nitrogens with one attached hydrogen (secondary N) is 2. The van der Waals surface area contributed by atoms with Crippen molar-refractivity contribution in [2.24, 2.45) is 5.92 Å². The van der Waals surface area contributed by atoms with Gasteiger partial charge in [-0.3, -0.25) is 4.79 Å². The van der Waals surface area contributed by atoms with Crippen molar-refractivity contribution in [1.29, 1.82) is 0 Å². The summed E-state index contributed by atoms with van der Waals surface area (Å²) in [6.07, 6.45) is 4.46. The summed E-state index contributed by atoms with van der Waals surface area (Å²) in [6, 6.07) is 0.811. The maximum Gasteiger partial charge on any atom is 0.221 e. The van der Waals surface area contributed by atoms with Crippen molar-refractivity contribution in [2.75, 3.05) is 6.54 Å². The minimum atomic E-state index is 0.177. The number of carbonyl (C=O) groups is 1. The fourth-order valence-corrected chi connectivity index (χ4v) is 1.73. The van der Waals surface area contributed by atoms with E-state index in [4.69, 9.17) is 0 Å². The van der Waals surface area contributed by atoms with Gasteiger partial charge in [0.05, 0.1) is 0 Å². The minimum Gasteiger partial charge on any atom is -0.354 e. The second-order valence-electron chi connectivity index (χ2n) is 5.01. The molecule has 0 bridgehead atoms. The number of carbonyl (C=O) groups excluding carboxylic acids is 1. The third-order valence-corrected chi connectivity index (χ3v) is 2.70. The first-order chi connectivity index (χ1) is 7.08. The van der Waals surface area contributed by atoms with Crippen LogP contribution in [0.15, 0.2) is 0 Å². The van der Waals surface area contributed by atoms with Crippen molar-refractivity contribution < 1.29 is 4.79 Å². The number of amides is 1. The zero-order valence-corrected chi connectivity index (χ0v) is 10.2. The lowest BCUT2D eigenvalue weighted by Crippen LogP contribution is -2.35. The lowest BCUT2D eigenvalue weighted by molar-refractivity contribution is -0.121. The quantitative estimate of drug-likeness (QED) is 0.674. The summed E-state index contributed by atoms with van der Waals surface area (Å²) in [5.41, 5.74) is 0. The van der Waals surface area contributed by atoms with Gasteiger partial charge < -0.3 is 10.6 Å². The zero-order chi connectivity index (χ0) is 11.3. The largest absolute Gasteiger partial charge is 0.354 e. The van der Waals surface area contributed by atoms with Gasteiger partial charge in [-0.1, -0.05) is 26.7 Å². The van der Waals surface area contributed by atoms with Crippen LogP contribution < -0.4 is 10.6 Å². The maximum absolute atomic E-state index is 11.5. The summed E-state index contributed by atoms with van der Waals surface area (Å²) in [5, 5.41) is 6.29. The first-order valence-electron chi connectivity index (χ1n) is 6.10. The molecular weight excluding hydrogens is 188 g/mol. The topological polar surface area (TPSA) is 41.1 Å². The molecule has 1 unspecified atom stereocenters. The van der Waals surface area contributed by atoms with Crippen molar-refractivity contribution in [3.8, 4) is 0 Å². The van der Waals surface area contributed by atoms with E-state index in [0.29, 0.717) is 18.5 Å². The Morgan fingerprint density at radius 2 is 2.00 bits per heavy atom. The molecule has 15 heavy (non-hydrogen) atoms. The van der Waals surface area contributed by atoms with E-state index in [9.17, 15) is 4.79 Å². The van der Waals surface area contributed by atoms with Gasteiger partial charge in [0.25, 0.3) is 0 Å². The van der Waals surface area contributed by atoms with Crippen LogP contribution in [0.2, 0.25) is 0 Å². The van der Waals surface area contributed by atoms with Gasteiger partial charge >= 0.3 is 0 Å². The summed E-state index contributed by atoms with van der Waals surface area (Å²) in [6.45, 7) is 7.06. The van der Waals surface area contributed by atoms with E-state index in [0.717, 1.165) is 18.9 Å². The molecule has 1 amide bonds. The Morgan fingerprint density at radius 3 is 2.53 bits per heavy atom. The first-order valence-corrected chi connectivity index (χ1v) is 6.10. The Kier molecular flexibility index (Phi) is 5.09. The Morgan fingerprint density at radius 1 is 1.33 bits per heavy atom. The van der Waals surface area contributed by atoms with Gasteiger partial charge in [-0.2, -0.15) is 0 Å². The number of hydrogen-bond donors (Lipinski definition) is 2. The highest BCUT2D eigenvalue weighted by molar-refractivity contribution is 5.76. The fraction of sp³-hybridized carbons (Fsp3) is 0.917. The molecule has 88 valence electrons. The highest BCUT2D eigenvalue weighted by Crippen LogP contribution is 2.33. The molecule has 0 radical (unpaired) electrons. The summed E-state index contributed by atoms with van der Waals surface area (Å²) >= 11 is 0. The molecule has 1 saturated carbocycles. The van der Waals surface area contributed by atoms with Gasteiger partial charge in [-0.15, -0.1) is 0 Å². The van der Waals surface area contributed by atoms with E-state index in [2.05, 4.69) is 31.4 Å². The second kappa shape index (κ2) is 6.11. The van der Waals surface area contributed by atoms with Crippen LogP contribution in [0.25, 0.3) is 0 Å². The van der Waals surface area contributed by atoms with E-state index in [-0.39, 0.29) is 5.91 Å². The summed E-state index contributed by atoms with van der Waals surface area (Å²) in [5.74, 6) is 1.06. The average Bonchev–Trinajstić information content (AvgIpc) is 2.86. The molecule has 1 fully saturated rings. The molecule has 0 heterocycles. The van der Waals surface area contributed by atoms with E-state index >= 15 is 0 Å². The van der Waals surface area contributed by atoms with Crippen LogP contribution in [0.4, 0.5) is 0 Å². The van der Waals surface area contributed by atoms with Crippen molar-refractivity contribution in [3.63, 3.8) is 0 Å². The van der Waals surface area contributed by atoms with E-state index < -0.39 is 0 Å². The molecule has 1 atom stereocenters. The monoisotopic (exact) mass is 212 g/mol. The molecular formula is C12H24N2O. The van der Waals surface area contributed by atoms with Crippen LogP contribution in [0.1, 0.15) is 46.5 Å². The smallest absolute Gasteiger partial charge is 0.221 e. The minimum absolute atomic E-state index is 0.177. The van der Waals surface area contributed by atoms with Crippen molar-refractivity contribution in [1.82, 2.24) is 10.6 Å². The number of rotatable bonds is 7. The molecule has 0 aromatic heterocycles. The van der Waals surface area contributed by atoms with Crippen molar-refractivity contribution in [2.45, 2.75) is 58.5 Å². The molecule has 3 heteroatoms. The van der Waals surface area contributed by atoms with Crippen LogP contribution in [0, 0.1) is 5.92 Å². The molecule has 1 aliphatic rings. The Hall–Kier alpha value is -0.570. The Labute approximate surface area is 93.0 Å². The third-order valence-electron chi connectivity index (χ3n) is 2.70. The molecule has 0 saturated heterocycles. The van der Waals surface area contributed by atoms with Crippen molar-refractivity contribution in [3.05, 3.63) is 0 Å². The lowest BCUT2D eigenvalue weighted by Gasteiger charge is -2.14. The van der Waals surface area contributed by atoms with E-state index in [1.165, 1.54) is 12.8 Å². The molecule has 3 nitrogen and oxygen atoms in total. The van der Waals surface area contributed by atoms with Crippen LogP contribution in [-0.4, -0.2) is 24.5 Å². The van der Waals surface area contributed by atoms with Crippen LogP contribution >= 0.6 is 0 Å². The standard InChI is InChI=1S/C12H24N2O/c1-9(2)13-7-6-12(15)14-10(3)8-11-4-5-11/h9-11,13H,4-8H2,1-3H3,(H,14,15). The molecule has 0 spiro atoms. The number of hydrogen-bond acceptors (Lipinski definition) is 2. The second-order valence-corrected chi connectivity index (χ2v) is 5.01. The van der Waals surface area contributed by atoms with Gasteiger partial charge in [-0.25, -0.2) is 0 Å². The molecule has 0 aromatic rings. The predicted molar refractivity (Wildman–Crippen MR) is 62.7 cm³/mol. The fourth-order valence-electron chi connectivity index (χ4n) is 1.73. The third kappa shape index (κ3) is 6.50. The van der Waals surface area contributed by atoms with Gasteiger partial charge in [0.15, 0.2) is 0 Å². The first kappa shape index (κ1) is 12.5. The highest BCUT2D eigenvalue weighted by atomic mass is 16.1. The van der Waals surface area contributed by atoms with Gasteiger partial charge in [0.1, 0.15) is 0 Å². The van der Waals surface area contributed by atoms with Crippen LogP contribution in [0.5, 0.6) is 0 Å². The lowest BCUT2D eigenvalue weighted by atomic mass is 10.1. The predicted octanol–water partition coefficient (Wildman–Crippen LogP) is 1.68. The molecule has 1 aliphatic carbocycles. The maximum atomic E-state index is 11.5. The van der Waals surface area contributed by atoms with Gasteiger partial charge in [0.2, 0.25) is 5.91 Å². The molecule has 2 N–H and O–H groups in total. The van der Waals surface area contributed by atoms with Gasteiger partial charge in [0, 0.05) is 25.0 Å². The summed E-state index contributed by atoms with van der Waals surface area (Å²) < 4.78 is 0. The average molecular weight is 212 g/mol. The van der Waals surface area contributed by atoms with Crippen molar-refractivity contribution >= 4 is 5.91 Å². The molecule has 0 aliphatic heterocycles. The van der Waals surface area contributed by atoms with Crippen LogP contribution in [0.3, 0.4) is 0 Å². The van der Waals surface area contributed by atoms with E-state index in [1.54, 1.807) is 0 Å². The summed E-state index contributed by atoms with van der Waals surface area (Å²) in [7, 11) is 0. The Balaban J connectivity index is 2.00. The normalized spacial score (nSPS) is 17.9. The molecule has 0 aromatic carbocycles. The van der Waals surface area contributed by atoms with Crippen LogP contribution in [-0.2, 0) is 4.79 Å².